The molecule has 0 aliphatic carbocycles. The molecule has 0 saturated heterocycles. The molecule has 4 aromatic rings. The Kier molecular flexibility index (Phi) is 7.80. The Hall–Kier alpha value is -3.06. The molecule has 0 spiro atoms. The Morgan fingerprint density at radius 2 is 1.43 bits per heavy atom. The zero-order valence-electron chi connectivity index (χ0n) is 19.2. The van der Waals surface area contributed by atoms with Crippen LogP contribution in [-0.2, 0) is 10.1 Å². The summed E-state index contributed by atoms with van der Waals surface area (Å²) >= 11 is 0. The lowest BCUT2D eigenvalue weighted by molar-refractivity contribution is 0.375. The summed E-state index contributed by atoms with van der Waals surface area (Å²) in [6, 6.07) is 16.1. The molecule has 35 heavy (non-hydrogen) atoms. The van der Waals surface area contributed by atoms with E-state index in [1.807, 2.05) is 30.3 Å². The molecule has 0 aromatic heterocycles. The lowest BCUT2D eigenvalue weighted by Crippen LogP contribution is -2.00. The molecule has 0 unspecified atom stereocenters. The van der Waals surface area contributed by atoms with Crippen molar-refractivity contribution >= 4 is 53.9 Å². The number of rotatable bonds is 4. The number of aromatic hydroxyl groups is 1. The van der Waals surface area contributed by atoms with Gasteiger partial charge in [0.1, 0.15) is 16.6 Å². The highest BCUT2D eigenvalue weighted by molar-refractivity contribution is 8.19. The minimum Gasteiger partial charge on any atom is -0.505 e. The van der Waals surface area contributed by atoms with Crippen LogP contribution in [0.5, 0.6) is 5.75 Å². The van der Waals surface area contributed by atoms with Gasteiger partial charge in [-0.2, -0.15) is 13.5 Å². The summed E-state index contributed by atoms with van der Waals surface area (Å²) in [4.78, 5) is -0.994. The molecule has 0 fully saturated rings. The molecular formula is C24H26N2O7S2. The van der Waals surface area contributed by atoms with Crippen LogP contribution in [0.25, 0.3) is 21.5 Å². The average Bonchev–Trinajstić information content (AvgIpc) is 2.77. The molecule has 5 N–H and O–H groups in total. The molecule has 0 aliphatic heterocycles. The van der Waals surface area contributed by atoms with E-state index in [2.05, 4.69) is 24.1 Å². The van der Waals surface area contributed by atoms with Crippen LogP contribution in [0.1, 0.15) is 25.8 Å². The molecule has 0 saturated carbocycles. The number of hydrogen-bond acceptors (Lipinski definition) is 8. The van der Waals surface area contributed by atoms with Gasteiger partial charge in [-0.25, -0.2) is 0 Å². The van der Waals surface area contributed by atoms with Gasteiger partial charge >= 0.3 is 0 Å². The minimum atomic E-state index is -4.56. The molecule has 0 radical (unpaired) electrons. The van der Waals surface area contributed by atoms with Gasteiger partial charge in [0.15, 0.2) is 5.75 Å². The van der Waals surface area contributed by atoms with E-state index in [-0.39, 0.29) is 22.0 Å². The van der Waals surface area contributed by atoms with Gasteiger partial charge in [0.05, 0.1) is 15.5 Å². The van der Waals surface area contributed by atoms with Crippen molar-refractivity contribution in [3.8, 4) is 5.75 Å². The summed E-state index contributed by atoms with van der Waals surface area (Å²) in [6.07, 6.45) is 1.25. The monoisotopic (exact) mass is 518 g/mol. The third-order valence-corrected chi connectivity index (χ3v) is 6.64. The van der Waals surface area contributed by atoms with Gasteiger partial charge in [-0.3, -0.25) is 4.55 Å². The lowest BCUT2D eigenvalue weighted by atomic mass is 10.0. The van der Waals surface area contributed by atoms with Crippen molar-refractivity contribution in [3.05, 3.63) is 66.2 Å². The number of nitrogens with zero attached hydrogens (tertiary/aromatic N) is 2. The SMILES string of the molecule is CCC.Cc1cc(S(=O)(=O)O)cc2cc(S(O)(O)O)c(N=Nc3ccc4ccccc4c3)c(O)c12. The number of fused-ring (bicyclic) bond motifs is 2. The van der Waals surface area contributed by atoms with E-state index in [0.29, 0.717) is 5.69 Å². The van der Waals surface area contributed by atoms with Crippen molar-refractivity contribution in [2.45, 2.75) is 37.0 Å². The highest BCUT2D eigenvalue weighted by Crippen LogP contribution is 2.54. The fourth-order valence-corrected chi connectivity index (χ4v) is 4.75. The molecule has 0 atom stereocenters. The summed E-state index contributed by atoms with van der Waals surface area (Å²) in [7, 11) is -8.93. The van der Waals surface area contributed by atoms with Crippen molar-refractivity contribution in [2.75, 3.05) is 0 Å². The number of azo groups is 1. The van der Waals surface area contributed by atoms with E-state index in [9.17, 15) is 31.7 Å². The van der Waals surface area contributed by atoms with Crippen LogP contribution in [0.2, 0.25) is 0 Å². The van der Waals surface area contributed by atoms with Crippen LogP contribution < -0.4 is 0 Å². The van der Waals surface area contributed by atoms with E-state index >= 15 is 0 Å². The quantitative estimate of drug-likeness (QED) is 0.137. The molecule has 0 amide bonds. The van der Waals surface area contributed by atoms with E-state index in [0.717, 1.165) is 29.0 Å². The van der Waals surface area contributed by atoms with Crippen LogP contribution in [0.3, 0.4) is 0 Å². The molecule has 186 valence electrons. The van der Waals surface area contributed by atoms with Crippen molar-refractivity contribution in [1.82, 2.24) is 0 Å². The second kappa shape index (κ2) is 10.3. The summed E-state index contributed by atoms with van der Waals surface area (Å²) in [5, 5.41) is 20.9. The van der Waals surface area contributed by atoms with Gasteiger partial charge in [-0.05, 0) is 59.0 Å². The Morgan fingerprint density at radius 3 is 2.03 bits per heavy atom. The molecule has 0 heterocycles. The van der Waals surface area contributed by atoms with Gasteiger partial charge in [-0.15, -0.1) is 5.11 Å². The Morgan fingerprint density at radius 1 is 0.800 bits per heavy atom. The number of aryl methyl sites for hydroxylation is 1. The number of hydrogen-bond donors (Lipinski definition) is 5. The summed E-state index contributed by atoms with van der Waals surface area (Å²) in [5.74, 6) is -0.532. The van der Waals surface area contributed by atoms with Crippen molar-refractivity contribution < 1.29 is 31.7 Å². The van der Waals surface area contributed by atoms with Crippen LogP contribution in [0, 0.1) is 6.92 Å². The molecule has 0 bridgehead atoms. The highest BCUT2D eigenvalue weighted by Gasteiger charge is 2.27. The van der Waals surface area contributed by atoms with E-state index in [1.54, 1.807) is 12.1 Å². The first-order valence-electron chi connectivity index (χ1n) is 10.6. The fraction of sp³-hybridized carbons (Fsp3) is 0.167. The largest absolute Gasteiger partial charge is 0.505 e. The molecular weight excluding hydrogens is 492 g/mol. The third-order valence-electron chi connectivity index (χ3n) is 4.91. The summed E-state index contributed by atoms with van der Waals surface area (Å²) in [5.41, 5.74) is 0.314. The van der Waals surface area contributed by atoms with Crippen LogP contribution in [0.15, 0.2) is 80.7 Å². The predicted molar refractivity (Wildman–Crippen MR) is 138 cm³/mol. The van der Waals surface area contributed by atoms with Gasteiger partial charge in [0, 0.05) is 5.39 Å². The first kappa shape index (κ1) is 26.5. The maximum Gasteiger partial charge on any atom is 0.294 e. The minimum absolute atomic E-state index is 0.0452. The van der Waals surface area contributed by atoms with Gasteiger partial charge in [0.25, 0.3) is 10.1 Å². The van der Waals surface area contributed by atoms with Gasteiger partial charge in [0.2, 0.25) is 0 Å². The average molecular weight is 519 g/mol. The third kappa shape index (κ3) is 5.96. The molecule has 4 rings (SSSR count). The summed E-state index contributed by atoms with van der Waals surface area (Å²) in [6.45, 7) is 5.75. The normalized spacial score (nSPS) is 12.7. The number of phenolic OH excluding ortho intramolecular Hbond substituents is 1. The van der Waals surface area contributed by atoms with Gasteiger partial charge in [-0.1, -0.05) is 50.6 Å². The smallest absolute Gasteiger partial charge is 0.294 e. The molecule has 0 aliphatic rings. The standard InChI is InChI=1S/C21H18N2O7S2.C3H8/c1-12-8-17(31(25,26)27)10-15-11-18(32(28,29)30)20(21(24)19(12)15)23-22-16-7-6-13-4-2-3-5-14(13)9-16;1-3-2/h2-11,24,28-30H,1H3,(H,25,26,27);3H2,1-2H3. The van der Waals surface area contributed by atoms with Gasteiger partial charge < -0.3 is 18.8 Å². The van der Waals surface area contributed by atoms with E-state index in [1.165, 1.54) is 13.3 Å². The van der Waals surface area contributed by atoms with Crippen molar-refractivity contribution in [2.24, 2.45) is 10.2 Å². The van der Waals surface area contributed by atoms with Crippen molar-refractivity contribution in [3.63, 3.8) is 0 Å². The maximum absolute atomic E-state index is 11.5. The Balaban J connectivity index is 0.00000108. The maximum atomic E-state index is 11.5. The topological polar surface area (TPSA) is 160 Å². The first-order valence-corrected chi connectivity index (χ1v) is 13.5. The number of phenols is 1. The van der Waals surface area contributed by atoms with Crippen LogP contribution in [-0.4, -0.2) is 31.7 Å². The second-order valence-electron chi connectivity index (χ2n) is 7.84. The lowest BCUT2D eigenvalue weighted by Gasteiger charge is -2.22. The molecule has 9 nitrogen and oxygen atoms in total. The molecule has 4 aromatic carbocycles. The fourth-order valence-electron chi connectivity index (χ4n) is 3.46. The first-order chi connectivity index (χ1) is 16.4. The molecule has 11 heteroatoms. The summed E-state index contributed by atoms with van der Waals surface area (Å²) < 4.78 is 62.1. The van der Waals surface area contributed by atoms with Crippen LogP contribution >= 0.6 is 10.9 Å². The zero-order chi connectivity index (χ0) is 26.0. The zero-order valence-corrected chi connectivity index (χ0v) is 20.9. The van der Waals surface area contributed by atoms with E-state index in [4.69, 9.17) is 0 Å². The second-order valence-corrected chi connectivity index (χ2v) is 10.7. The van der Waals surface area contributed by atoms with E-state index < -0.39 is 36.5 Å². The Bertz CT molecular complexity index is 1530. The predicted octanol–water partition coefficient (Wildman–Crippen LogP) is 7.67. The van der Waals surface area contributed by atoms with Crippen LogP contribution in [0.4, 0.5) is 11.4 Å². The Labute approximate surface area is 204 Å². The highest BCUT2D eigenvalue weighted by atomic mass is 32.3. The number of benzene rings is 4. The van der Waals surface area contributed by atoms with Crippen molar-refractivity contribution in [1.29, 1.82) is 0 Å².